The first-order valence-corrected chi connectivity index (χ1v) is 15.1. The molecule has 4 heteroatoms. The number of hydrogen-bond donors (Lipinski definition) is 0. The van der Waals surface area contributed by atoms with Gasteiger partial charge in [-0.25, -0.2) is 4.98 Å². The van der Waals surface area contributed by atoms with E-state index < -0.39 is 0 Å². The van der Waals surface area contributed by atoms with E-state index in [4.69, 9.17) is 13.8 Å². The van der Waals surface area contributed by atoms with Gasteiger partial charge in [-0.3, -0.25) is 0 Å². The van der Waals surface area contributed by atoms with Gasteiger partial charge < -0.3 is 13.7 Å². The molecule has 0 radical (unpaired) electrons. The van der Waals surface area contributed by atoms with E-state index in [9.17, 15) is 0 Å². The van der Waals surface area contributed by atoms with E-state index in [1.54, 1.807) is 0 Å². The Balaban J connectivity index is 1.44. The first-order valence-electron chi connectivity index (χ1n) is 15.1. The zero-order valence-corrected chi connectivity index (χ0v) is 24.2. The second-order valence-corrected chi connectivity index (χ2v) is 11.2. The van der Waals surface area contributed by atoms with Gasteiger partial charge in [0.05, 0.1) is 11.1 Å². The average molecular weight is 579 g/mol. The van der Waals surface area contributed by atoms with Crippen molar-refractivity contribution in [2.45, 2.75) is 0 Å². The average Bonchev–Trinajstić information content (AvgIpc) is 3.70. The van der Waals surface area contributed by atoms with Crippen LogP contribution in [0.25, 0.3) is 66.4 Å². The lowest BCUT2D eigenvalue weighted by molar-refractivity contribution is 0.620. The van der Waals surface area contributed by atoms with E-state index in [1.165, 1.54) is 5.39 Å². The van der Waals surface area contributed by atoms with Crippen molar-refractivity contribution in [3.63, 3.8) is 0 Å². The van der Waals surface area contributed by atoms with Crippen molar-refractivity contribution in [2.24, 2.45) is 0 Å². The maximum Gasteiger partial charge on any atom is 0.227 e. The topological polar surface area (TPSA) is 42.4 Å². The molecule has 2 heterocycles. The Morgan fingerprint density at radius 3 is 2.04 bits per heavy atom. The molecule has 2 aromatic heterocycles. The summed E-state index contributed by atoms with van der Waals surface area (Å²) in [5.41, 5.74) is 9.08. The molecule has 9 aromatic rings. The number of oxazole rings is 1. The van der Waals surface area contributed by atoms with Crippen molar-refractivity contribution < 1.29 is 8.83 Å². The lowest BCUT2D eigenvalue weighted by Gasteiger charge is -2.28. The minimum Gasteiger partial charge on any atom is -0.456 e. The summed E-state index contributed by atoms with van der Waals surface area (Å²) < 4.78 is 13.3. The summed E-state index contributed by atoms with van der Waals surface area (Å²) in [4.78, 5) is 7.33. The predicted molar refractivity (Wildman–Crippen MR) is 184 cm³/mol. The summed E-state index contributed by atoms with van der Waals surface area (Å²) >= 11 is 0. The molecule has 0 aliphatic heterocycles. The highest BCUT2D eigenvalue weighted by atomic mass is 16.4. The SMILES string of the molecule is c1ccc(-c2nc3cc4oc5ccccc5c4c(N(c4ccc5ccccc5c4)c4ccccc4-c4ccccc4)c3o2)cc1. The number of nitrogens with zero attached hydrogens (tertiary/aromatic N) is 2. The highest BCUT2D eigenvalue weighted by Gasteiger charge is 2.27. The van der Waals surface area contributed by atoms with Crippen molar-refractivity contribution in [1.82, 2.24) is 4.98 Å². The van der Waals surface area contributed by atoms with Crippen molar-refractivity contribution in [1.29, 1.82) is 0 Å². The van der Waals surface area contributed by atoms with Gasteiger partial charge in [-0.2, -0.15) is 0 Å². The zero-order valence-electron chi connectivity index (χ0n) is 24.2. The Labute approximate surface area is 259 Å². The standard InChI is InChI=1S/C41H26N2O2/c1-3-14-28(15-4-1)32-19-9-11-21-35(32)43(31-24-23-27-13-7-8-18-30(27)25-31)39-38-33-20-10-12-22-36(33)44-37(38)26-34-40(39)45-41(42-34)29-16-5-2-6-17-29/h1-26H. The second-order valence-electron chi connectivity index (χ2n) is 11.2. The molecule has 9 rings (SSSR count). The molecule has 4 nitrogen and oxygen atoms in total. The molecule has 0 aliphatic carbocycles. The Bertz CT molecular complexity index is 2490. The van der Waals surface area contributed by atoms with Gasteiger partial charge in [-0.1, -0.05) is 115 Å². The summed E-state index contributed by atoms with van der Waals surface area (Å²) in [5.74, 6) is 0.568. The Morgan fingerprint density at radius 1 is 0.511 bits per heavy atom. The van der Waals surface area contributed by atoms with Crippen molar-refractivity contribution in [2.75, 3.05) is 4.90 Å². The summed E-state index contributed by atoms with van der Waals surface area (Å²) in [5, 5.41) is 4.33. The molecule has 0 spiro atoms. The van der Waals surface area contributed by atoms with Crippen LogP contribution in [0.15, 0.2) is 167 Å². The molecule has 0 bridgehead atoms. The summed E-state index contributed by atoms with van der Waals surface area (Å²) in [6.07, 6.45) is 0. The maximum absolute atomic E-state index is 6.77. The number of hydrogen-bond acceptors (Lipinski definition) is 4. The van der Waals surface area contributed by atoms with Crippen LogP contribution in [0.5, 0.6) is 0 Å². The maximum atomic E-state index is 6.77. The van der Waals surface area contributed by atoms with Crippen molar-refractivity contribution in [3.05, 3.63) is 158 Å². The fourth-order valence-electron chi connectivity index (χ4n) is 6.40. The van der Waals surface area contributed by atoms with Gasteiger partial charge in [0.15, 0.2) is 5.58 Å². The van der Waals surface area contributed by atoms with Crippen molar-refractivity contribution >= 4 is 60.9 Å². The van der Waals surface area contributed by atoms with E-state index in [0.717, 1.165) is 66.6 Å². The monoisotopic (exact) mass is 578 g/mol. The second kappa shape index (κ2) is 10.2. The third kappa shape index (κ3) is 4.19. The number of aromatic nitrogens is 1. The quantitative estimate of drug-likeness (QED) is 0.204. The van der Waals surface area contributed by atoms with E-state index >= 15 is 0 Å². The molecular weight excluding hydrogens is 552 g/mol. The molecule has 7 aromatic carbocycles. The lowest BCUT2D eigenvalue weighted by atomic mass is 10.00. The zero-order chi connectivity index (χ0) is 29.7. The predicted octanol–water partition coefficient (Wildman–Crippen LogP) is 11.7. The summed E-state index contributed by atoms with van der Waals surface area (Å²) in [6.45, 7) is 0. The number of anilines is 3. The van der Waals surface area contributed by atoms with E-state index in [1.807, 2.05) is 48.5 Å². The van der Waals surface area contributed by atoms with Gasteiger partial charge in [-0.05, 0) is 52.7 Å². The molecular formula is C41H26N2O2. The van der Waals surface area contributed by atoms with Crippen LogP contribution in [0, 0.1) is 0 Å². The van der Waals surface area contributed by atoms with Crippen LogP contribution in [-0.4, -0.2) is 4.98 Å². The highest BCUT2D eigenvalue weighted by molar-refractivity contribution is 6.20. The molecule has 0 atom stereocenters. The molecule has 212 valence electrons. The van der Waals surface area contributed by atoms with Crippen LogP contribution in [0.1, 0.15) is 0 Å². The van der Waals surface area contributed by atoms with Gasteiger partial charge in [0.1, 0.15) is 22.4 Å². The summed E-state index contributed by atoms with van der Waals surface area (Å²) in [7, 11) is 0. The van der Waals surface area contributed by atoms with Gasteiger partial charge in [0.2, 0.25) is 5.89 Å². The van der Waals surface area contributed by atoms with Gasteiger partial charge in [0, 0.05) is 28.3 Å². The molecule has 0 saturated heterocycles. The van der Waals surface area contributed by atoms with E-state index in [0.29, 0.717) is 11.5 Å². The molecule has 0 aliphatic rings. The Kier molecular flexibility index (Phi) is 5.78. The van der Waals surface area contributed by atoms with E-state index in [-0.39, 0.29) is 0 Å². The van der Waals surface area contributed by atoms with Crippen LogP contribution < -0.4 is 4.90 Å². The number of para-hydroxylation sites is 2. The minimum atomic E-state index is 0.568. The number of furan rings is 1. The summed E-state index contributed by atoms with van der Waals surface area (Å²) in [6, 6.07) is 54.4. The van der Waals surface area contributed by atoms with Crippen LogP contribution in [0.2, 0.25) is 0 Å². The van der Waals surface area contributed by atoms with Crippen molar-refractivity contribution in [3.8, 4) is 22.6 Å². The first kappa shape index (κ1) is 25.4. The third-order valence-corrected chi connectivity index (χ3v) is 8.46. The molecule has 0 N–H and O–H groups in total. The molecule has 45 heavy (non-hydrogen) atoms. The third-order valence-electron chi connectivity index (χ3n) is 8.46. The van der Waals surface area contributed by atoms with Crippen LogP contribution in [-0.2, 0) is 0 Å². The van der Waals surface area contributed by atoms with Gasteiger partial charge in [-0.15, -0.1) is 0 Å². The van der Waals surface area contributed by atoms with Crippen LogP contribution >= 0.6 is 0 Å². The van der Waals surface area contributed by atoms with E-state index in [2.05, 4.69) is 114 Å². The fourth-order valence-corrected chi connectivity index (χ4v) is 6.40. The Morgan fingerprint density at radius 2 is 1.20 bits per heavy atom. The van der Waals surface area contributed by atoms with Gasteiger partial charge in [0.25, 0.3) is 0 Å². The smallest absolute Gasteiger partial charge is 0.227 e. The van der Waals surface area contributed by atoms with Gasteiger partial charge >= 0.3 is 0 Å². The molecule has 0 unspecified atom stereocenters. The lowest BCUT2D eigenvalue weighted by Crippen LogP contribution is -2.12. The number of rotatable bonds is 5. The number of fused-ring (bicyclic) bond motifs is 5. The molecule has 0 amide bonds. The highest BCUT2D eigenvalue weighted by Crippen LogP contribution is 2.50. The van der Waals surface area contributed by atoms with Crippen LogP contribution in [0.3, 0.4) is 0 Å². The number of benzene rings is 7. The normalized spacial score (nSPS) is 11.6. The largest absolute Gasteiger partial charge is 0.456 e. The Hall–Kier alpha value is -6.13. The molecule has 0 saturated carbocycles. The fraction of sp³-hybridized carbons (Fsp3) is 0. The first-order chi connectivity index (χ1) is 22.3. The van der Waals surface area contributed by atoms with Crippen LogP contribution in [0.4, 0.5) is 17.1 Å². The molecule has 0 fully saturated rings. The minimum absolute atomic E-state index is 0.568.